The molecule has 2 aromatic rings. The van der Waals surface area contributed by atoms with E-state index in [9.17, 15) is 18.0 Å². The third-order valence-corrected chi connectivity index (χ3v) is 7.38. The van der Waals surface area contributed by atoms with Gasteiger partial charge in [-0.2, -0.15) is 8.42 Å². The zero-order valence-corrected chi connectivity index (χ0v) is 19.7. The first kappa shape index (κ1) is 23.0. The number of hydrogen-bond acceptors (Lipinski definition) is 6. The summed E-state index contributed by atoms with van der Waals surface area (Å²) < 4.78 is 34.3. The number of carbonyl (C=O) groups is 2. The summed E-state index contributed by atoms with van der Waals surface area (Å²) in [7, 11) is -3.88. The van der Waals surface area contributed by atoms with Gasteiger partial charge in [0.25, 0.3) is 15.9 Å². The lowest BCUT2D eigenvalue weighted by molar-refractivity contribution is -0.146. The molecule has 4 rings (SSSR count). The van der Waals surface area contributed by atoms with Gasteiger partial charge in [0.2, 0.25) is 0 Å². The van der Waals surface area contributed by atoms with E-state index in [1.54, 1.807) is 38.1 Å². The van der Waals surface area contributed by atoms with Crippen molar-refractivity contribution in [3.63, 3.8) is 0 Å². The Labute approximate surface area is 193 Å². The zero-order chi connectivity index (χ0) is 23.8. The van der Waals surface area contributed by atoms with Crippen LogP contribution in [0.2, 0.25) is 0 Å². The van der Waals surface area contributed by atoms with Crippen LogP contribution in [0.3, 0.4) is 0 Å². The largest absolute Gasteiger partial charge is 0.465 e. The quantitative estimate of drug-likeness (QED) is 0.617. The molecule has 9 heteroatoms. The summed E-state index contributed by atoms with van der Waals surface area (Å²) >= 11 is 0. The highest BCUT2D eigenvalue weighted by Gasteiger charge is 2.52. The highest BCUT2D eigenvalue weighted by atomic mass is 32.2. The van der Waals surface area contributed by atoms with Crippen molar-refractivity contribution in [1.29, 1.82) is 0 Å². The Morgan fingerprint density at radius 1 is 1.12 bits per heavy atom. The summed E-state index contributed by atoms with van der Waals surface area (Å²) in [5.74, 6) is -0.231. The standard InChI is InChI=1S/C24H27N3O5S/c1-4-14-27-16(3)26-33(30,31)21-15-17(6-11-20(21)27)22(28)25-19-9-7-18(8-10-19)24(12-13-24)23(29)32-5-2/h6-11,15H,4-5,12-14H2,1-3H3,(H,25,28). The molecule has 0 radical (unpaired) electrons. The molecule has 1 heterocycles. The lowest BCUT2D eigenvalue weighted by atomic mass is 9.96. The van der Waals surface area contributed by atoms with Crippen LogP contribution >= 0.6 is 0 Å². The van der Waals surface area contributed by atoms with E-state index < -0.39 is 21.3 Å². The number of esters is 1. The van der Waals surface area contributed by atoms with Gasteiger partial charge in [0.1, 0.15) is 10.7 Å². The van der Waals surface area contributed by atoms with Crippen molar-refractivity contribution in [2.45, 2.75) is 50.3 Å². The predicted octanol–water partition coefficient (Wildman–Crippen LogP) is 3.87. The number of nitrogens with zero attached hydrogens (tertiary/aromatic N) is 2. The molecular weight excluding hydrogens is 442 g/mol. The van der Waals surface area contributed by atoms with Crippen LogP contribution in [0.1, 0.15) is 56.0 Å². The van der Waals surface area contributed by atoms with Crippen molar-refractivity contribution in [3.8, 4) is 0 Å². The molecule has 2 aromatic carbocycles. The number of benzene rings is 2. The van der Waals surface area contributed by atoms with Gasteiger partial charge in [0.15, 0.2) is 0 Å². The predicted molar refractivity (Wildman–Crippen MR) is 126 cm³/mol. The van der Waals surface area contributed by atoms with E-state index in [0.29, 0.717) is 30.4 Å². The van der Waals surface area contributed by atoms with Gasteiger partial charge in [-0.05, 0) is 69.0 Å². The summed E-state index contributed by atoms with van der Waals surface area (Å²) in [6.07, 6.45) is 2.32. The molecule has 2 aliphatic rings. The monoisotopic (exact) mass is 469 g/mol. The van der Waals surface area contributed by atoms with Gasteiger partial charge in [0, 0.05) is 17.8 Å². The average molecular weight is 470 g/mol. The molecule has 1 N–H and O–H groups in total. The van der Waals surface area contributed by atoms with Crippen LogP contribution in [0.25, 0.3) is 0 Å². The van der Waals surface area contributed by atoms with Crippen LogP contribution in [0, 0.1) is 0 Å². The van der Waals surface area contributed by atoms with E-state index in [0.717, 1.165) is 24.8 Å². The van der Waals surface area contributed by atoms with Crippen molar-refractivity contribution in [2.75, 3.05) is 23.4 Å². The van der Waals surface area contributed by atoms with Gasteiger partial charge in [-0.1, -0.05) is 19.1 Å². The fourth-order valence-corrected chi connectivity index (χ4v) is 5.38. The van der Waals surface area contributed by atoms with Gasteiger partial charge in [-0.15, -0.1) is 4.40 Å². The SMILES string of the molecule is CCCN1C(C)=NS(=O)(=O)c2cc(C(=O)Nc3ccc(C4(C(=O)OCC)CC4)cc3)ccc21. The van der Waals surface area contributed by atoms with Crippen LogP contribution in [0.15, 0.2) is 51.8 Å². The normalized spacial score (nSPS) is 17.5. The number of amidine groups is 1. The summed E-state index contributed by atoms with van der Waals surface area (Å²) in [6.45, 7) is 6.41. The van der Waals surface area contributed by atoms with E-state index >= 15 is 0 Å². The second-order valence-electron chi connectivity index (χ2n) is 8.28. The van der Waals surface area contributed by atoms with E-state index in [1.807, 2.05) is 24.0 Å². The molecule has 0 saturated heterocycles. The topological polar surface area (TPSA) is 105 Å². The van der Waals surface area contributed by atoms with Gasteiger partial charge in [0.05, 0.1) is 17.7 Å². The highest BCUT2D eigenvalue weighted by Crippen LogP contribution is 2.49. The number of nitrogens with one attached hydrogen (secondary N) is 1. The molecule has 0 aromatic heterocycles. The minimum Gasteiger partial charge on any atom is -0.465 e. The molecule has 174 valence electrons. The van der Waals surface area contributed by atoms with E-state index in [4.69, 9.17) is 4.74 Å². The maximum atomic E-state index is 12.8. The van der Waals surface area contributed by atoms with Gasteiger partial charge in [-0.3, -0.25) is 9.59 Å². The Bertz CT molecular complexity index is 1230. The maximum Gasteiger partial charge on any atom is 0.316 e. The smallest absolute Gasteiger partial charge is 0.316 e. The molecule has 0 spiro atoms. The van der Waals surface area contributed by atoms with Crippen molar-refractivity contribution < 1.29 is 22.7 Å². The molecule has 33 heavy (non-hydrogen) atoms. The summed E-state index contributed by atoms with van der Waals surface area (Å²) in [5, 5.41) is 2.79. The molecule has 1 saturated carbocycles. The number of carbonyl (C=O) groups excluding carboxylic acids is 2. The molecule has 1 aliphatic heterocycles. The summed E-state index contributed by atoms with van der Waals surface area (Å²) in [5.41, 5.74) is 1.58. The van der Waals surface area contributed by atoms with Crippen molar-refractivity contribution in [3.05, 3.63) is 53.6 Å². The Hall–Kier alpha value is -3.20. The van der Waals surface area contributed by atoms with Crippen molar-refractivity contribution in [1.82, 2.24) is 0 Å². The molecular formula is C24H27N3O5S. The minimum absolute atomic E-state index is 0.0228. The number of sulfonamides is 1. The third-order valence-electron chi connectivity index (χ3n) is 5.99. The second kappa shape index (κ2) is 8.62. The number of rotatable bonds is 7. The van der Waals surface area contributed by atoms with Crippen LogP contribution in [-0.4, -0.2) is 39.3 Å². The van der Waals surface area contributed by atoms with E-state index in [2.05, 4.69) is 9.71 Å². The summed E-state index contributed by atoms with van der Waals surface area (Å²) in [6, 6.07) is 11.7. The lowest BCUT2D eigenvalue weighted by Gasteiger charge is -2.29. The molecule has 0 unspecified atom stereocenters. The lowest BCUT2D eigenvalue weighted by Crippen LogP contribution is -2.34. The van der Waals surface area contributed by atoms with Crippen LogP contribution in [0.4, 0.5) is 11.4 Å². The first-order chi connectivity index (χ1) is 15.7. The van der Waals surface area contributed by atoms with E-state index in [1.165, 1.54) is 6.07 Å². The van der Waals surface area contributed by atoms with Gasteiger partial charge in [-0.25, -0.2) is 0 Å². The fraction of sp³-hybridized carbons (Fsp3) is 0.375. The highest BCUT2D eigenvalue weighted by molar-refractivity contribution is 7.90. The molecule has 1 amide bonds. The Morgan fingerprint density at radius 3 is 2.42 bits per heavy atom. The first-order valence-corrected chi connectivity index (χ1v) is 12.5. The van der Waals surface area contributed by atoms with Gasteiger partial charge < -0.3 is 15.0 Å². The average Bonchev–Trinajstić information content (AvgIpc) is 3.59. The van der Waals surface area contributed by atoms with E-state index in [-0.39, 0.29) is 16.4 Å². The zero-order valence-electron chi connectivity index (χ0n) is 18.9. The molecule has 8 nitrogen and oxygen atoms in total. The number of hydrogen-bond donors (Lipinski definition) is 1. The maximum absolute atomic E-state index is 12.8. The van der Waals surface area contributed by atoms with Crippen LogP contribution < -0.4 is 10.2 Å². The summed E-state index contributed by atoms with van der Waals surface area (Å²) in [4.78, 5) is 27.0. The number of amides is 1. The molecule has 1 fully saturated rings. The van der Waals surface area contributed by atoms with Crippen LogP contribution in [0.5, 0.6) is 0 Å². The minimum atomic E-state index is -3.88. The van der Waals surface area contributed by atoms with Crippen LogP contribution in [-0.2, 0) is 25.0 Å². The van der Waals surface area contributed by atoms with Gasteiger partial charge >= 0.3 is 5.97 Å². The molecule has 0 atom stereocenters. The number of fused-ring (bicyclic) bond motifs is 1. The Balaban J connectivity index is 1.54. The Morgan fingerprint density at radius 2 is 1.82 bits per heavy atom. The number of ether oxygens (including phenoxy) is 1. The third kappa shape index (κ3) is 4.25. The number of anilines is 2. The fourth-order valence-electron chi connectivity index (χ4n) is 4.12. The van der Waals surface area contributed by atoms with Crippen molar-refractivity contribution in [2.24, 2.45) is 4.40 Å². The second-order valence-corrected chi connectivity index (χ2v) is 9.85. The van der Waals surface area contributed by atoms with Crippen molar-refractivity contribution >= 4 is 39.1 Å². The molecule has 0 bridgehead atoms. The Kier molecular flexibility index (Phi) is 6.00. The molecule has 1 aliphatic carbocycles. The first-order valence-electron chi connectivity index (χ1n) is 11.0.